The van der Waals surface area contributed by atoms with E-state index in [4.69, 9.17) is 18.6 Å². The Morgan fingerprint density at radius 1 is 1.03 bits per heavy atom. The number of nitrogens with zero attached hydrogens (tertiary/aromatic N) is 3. The van der Waals surface area contributed by atoms with Gasteiger partial charge in [0, 0.05) is 19.7 Å². The average molecular weight is 405 g/mol. The summed E-state index contributed by atoms with van der Waals surface area (Å²) in [5, 5.41) is 9.46. The van der Waals surface area contributed by atoms with E-state index in [-0.39, 0.29) is 5.69 Å². The quantitative estimate of drug-likeness (QED) is 0.550. The highest BCUT2D eigenvalue weighted by Crippen LogP contribution is 2.38. The lowest BCUT2D eigenvalue weighted by Crippen LogP contribution is -2.16. The second-order valence-electron chi connectivity index (χ2n) is 6.45. The third kappa shape index (κ3) is 4.55. The van der Waals surface area contributed by atoms with Gasteiger partial charge in [0.25, 0.3) is 0 Å². The van der Waals surface area contributed by atoms with Gasteiger partial charge in [0.1, 0.15) is 6.07 Å². The van der Waals surface area contributed by atoms with Gasteiger partial charge >= 0.3 is 0 Å². The minimum absolute atomic E-state index is 0.234. The molecule has 0 N–H and O–H groups in total. The Balaban J connectivity index is 1.86. The fraction of sp³-hybridized carbons (Fsp3) is 0.217. The predicted octanol–water partition coefficient (Wildman–Crippen LogP) is 4.38. The van der Waals surface area contributed by atoms with Gasteiger partial charge in [0.05, 0.1) is 21.3 Å². The third-order valence-corrected chi connectivity index (χ3v) is 4.45. The first-order chi connectivity index (χ1) is 14.6. The van der Waals surface area contributed by atoms with Crippen LogP contribution in [0.4, 0.5) is 5.88 Å². The van der Waals surface area contributed by atoms with E-state index in [0.29, 0.717) is 35.6 Å². The Labute approximate surface area is 175 Å². The van der Waals surface area contributed by atoms with Crippen molar-refractivity contribution in [3.8, 4) is 23.3 Å². The largest absolute Gasteiger partial charge is 0.493 e. The number of hydrogen-bond acceptors (Lipinski definition) is 7. The summed E-state index contributed by atoms with van der Waals surface area (Å²) < 4.78 is 21.9. The Bertz CT molecular complexity index is 1040. The summed E-state index contributed by atoms with van der Waals surface area (Å²) in [6, 6.07) is 15.7. The molecule has 7 heteroatoms. The standard InChI is InChI=1S/C23H23N3O4/c1-26(15-16-8-6-5-7-9-16)23-18(14-24)25-21(30-23)11-10-17-12-19(27-2)22(29-4)20(13-17)28-3/h5-13H,15H2,1-4H3. The molecule has 7 nitrogen and oxygen atoms in total. The Hall–Kier alpha value is -3.92. The van der Waals surface area contributed by atoms with Crippen LogP contribution in [0.1, 0.15) is 22.7 Å². The van der Waals surface area contributed by atoms with Gasteiger partial charge in [-0.3, -0.25) is 0 Å². The van der Waals surface area contributed by atoms with Crippen LogP contribution in [-0.4, -0.2) is 33.4 Å². The molecular weight excluding hydrogens is 382 g/mol. The lowest BCUT2D eigenvalue weighted by Gasteiger charge is -2.15. The van der Waals surface area contributed by atoms with E-state index >= 15 is 0 Å². The van der Waals surface area contributed by atoms with Crippen molar-refractivity contribution in [2.75, 3.05) is 33.3 Å². The van der Waals surface area contributed by atoms with Gasteiger partial charge < -0.3 is 23.5 Å². The van der Waals surface area contributed by atoms with Gasteiger partial charge in [0.15, 0.2) is 11.5 Å². The maximum absolute atomic E-state index is 9.46. The van der Waals surface area contributed by atoms with Crippen LogP contribution in [0.3, 0.4) is 0 Å². The molecule has 0 saturated carbocycles. The molecule has 0 atom stereocenters. The maximum Gasteiger partial charge on any atom is 0.235 e. The van der Waals surface area contributed by atoms with Crippen LogP contribution < -0.4 is 19.1 Å². The smallest absolute Gasteiger partial charge is 0.235 e. The zero-order chi connectivity index (χ0) is 21.5. The van der Waals surface area contributed by atoms with E-state index in [2.05, 4.69) is 11.1 Å². The molecular formula is C23H23N3O4. The first-order valence-electron chi connectivity index (χ1n) is 9.23. The highest BCUT2D eigenvalue weighted by Gasteiger charge is 2.16. The molecule has 1 heterocycles. The van der Waals surface area contributed by atoms with Crippen molar-refractivity contribution < 1.29 is 18.6 Å². The second-order valence-corrected chi connectivity index (χ2v) is 6.45. The number of anilines is 1. The molecule has 154 valence electrons. The molecule has 0 bridgehead atoms. The fourth-order valence-corrected chi connectivity index (χ4v) is 3.03. The second kappa shape index (κ2) is 9.52. The molecule has 0 aliphatic rings. The molecule has 1 aromatic heterocycles. The van der Waals surface area contributed by atoms with Crippen LogP contribution in [0.5, 0.6) is 17.2 Å². The van der Waals surface area contributed by atoms with Crippen molar-refractivity contribution in [2.24, 2.45) is 0 Å². The minimum Gasteiger partial charge on any atom is -0.493 e. The van der Waals surface area contributed by atoms with Crippen LogP contribution in [0.25, 0.3) is 12.2 Å². The molecule has 0 aliphatic carbocycles. The molecule has 0 radical (unpaired) electrons. The van der Waals surface area contributed by atoms with Crippen LogP contribution in [-0.2, 0) is 6.54 Å². The number of hydrogen-bond donors (Lipinski definition) is 0. The summed E-state index contributed by atoms with van der Waals surface area (Å²) in [6.07, 6.45) is 3.50. The normalized spacial score (nSPS) is 10.6. The molecule has 0 aliphatic heterocycles. The van der Waals surface area contributed by atoms with Crippen molar-refractivity contribution in [1.82, 2.24) is 4.98 Å². The monoisotopic (exact) mass is 405 g/mol. The van der Waals surface area contributed by atoms with Crippen molar-refractivity contribution in [2.45, 2.75) is 6.54 Å². The number of aromatic nitrogens is 1. The SMILES string of the molecule is COc1cc(C=Cc2nc(C#N)c(N(C)Cc3ccccc3)o2)cc(OC)c1OC. The Morgan fingerprint density at radius 3 is 2.27 bits per heavy atom. The Morgan fingerprint density at radius 2 is 1.70 bits per heavy atom. The topological polar surface area (TPSA) is 80.8 Å². The van der Waals surface area contributed by atoms with E-state index in [9.17, 15) is 5.26 Å². The predicted molar refractivity (Wildman–Crippen MR) is 115 cm³/mol. The van der Waals surface area contributed by atoms with Gasteiger partial charge in [-0.25, -0.2) is 0 Å². The van der Waals surface area contributed by atoms with Crippen molar-refractivity contribution >= 4 is 18.0 Å². The molecule has 2 aromatic carbocycles. The summed E-state index contributed by atoms with van der Waals surface area (Å²) >= 11 is 0. The average Bonchev–Trinajstić information content (AvgIpc) is 3.21. The molecule has 0 saturated heterocycles. The summed E-state index contributed by atoms with van der Waals surface area (Å²) in [5.41, 5.74) is 2.15. The van der Waals surface area contributed by atoms with E-state index in [1.165, 1.54) is 0 Å². The number of benzene rings is 2. The minimum atomic E-state index is 0.234. The number of ether oxygens (including phenoxy) is 3. The highest BCUT2D eigenvalue weighted by molar-refractivity contribution is 5.71. The summed E-state index contributed by atoms with van der Waals surface area (Å²) in [6.45, 7) is 0.598. The Kier molecular flexibility index (Phi) is 6.60. The summed E-state index contributed by atoms with van der Waals surface area (Å²) in [7, 11) is 6.54. The molecule has 0 fully saturated rings. The van der Waals surface area contributed by atoms with Gasteiger partial charge in [0.2, 0.25) is 23.2 Å². The van der Waals surface area contributed by atoms with Crippen LogP contribution in [0.2, 0.25) is 0 Å². The van der Waals surface area contributed by atoms with Crippen LogP contribution >= 0.6 is 0 Å². The first-order valence-corrected chi connectivity index (χ1v) is 9.23. The van der Waals surface area contributed by atoms with E-state index in [1.807, 2.05) is 54.4 Å². The first kappa shape index (κ1) is 20.8. The number of oxazole rings is 1. The zero-order valence-electron chi connectivity index (χ0n) is 17.4. The number of nitriles is 1. The fourth-order valence-electron chi connectivity index (χ4n) is 3.03. The molecule has 30 heavy (non-hydrogen) atoms. The van der Waals surface area contributed by atoms with Gasteiger partial charge in [-0.1, -0.05) is 30.3 Å². The van der Waals surface area contributed by atoms with Crippen molar-refractivity contribution in [3.63, 3.8) is 0 Å². The van der Waals surface area contributed by atoms with Crippen molar-refractivity contribution in [1.29, 1.82) is 5.26 Å². The number of rotatable bonds is 8. The molecule has 0 spiro atoms. The molecule has 0 amide bonds. The highest BCUT2D eigenvalue weighted by atomic mass is 16.5. The van der Waals surface area contributed by atoms with Crippen LogP contribution in [0.15, 0.2) is 46.9 Å². The third-order valence-electron chi connectivity index (χ3n) is 4.45. The number of methoxy groups -OCH3 is 3. The summed E-state index contributed by atoms with van der Waals surface area (Å²) in [5.74, 6) is 2.36. The molecule has 3 aromatic rings. The molecule has 0 unspecified atom stereocenters. The van der Waals surface area contributed by atoms with Gasteiger partial charge in [-0.05, 0) is 29.3 Å². The van der Waals surface area contributed by atoms with Crippen LogP contribution in [0, 0.1) is 11.3 Å². The zero-order valence-corrected chi connectivity index (χ0v) is 17.4. The lowest BCUT2D eigenvalue weighted by atomic mass is 10.1. The molecule has 3 rings (SSSR count). The van der Waals surface area contributed by atoms with E-state index < -0.39 is 0 Å². The lowest BCUT2D eigenvalue weighted by molar-refractivity contribution is 0.324. The van der Waals surface area contributed by atoms with Gasteiger partial charge in [-0.2, -0.15) is 10.2 Å². The van der Waals surface area contributed by atoms with E-state index in [0.717, 1.165) is 11.1 Å². The summed E-state index contributed by atoms with van der Waals surface area (Å²) in [4.78, 5) is 6.14. The van der Waals surface area contributed by atoms with Crippen molar-refractivity contribution in [3.05, 3.63) is 65.2 Å². The van der Waals surface area contributed by atoms with Gasteiger partial charge in [-0.15, -0.1) is 0 Å². The van der Waals surface area contributed by atoms with E-state index in [1.54, 1.807) is 33.5 Å². The maximum atomic E-state index is 9.46.